The van der Waals surface area contributed by atoms with Crippen molar-refractivity contribution in [3.05, 3.63) is 102 Å². The van der Waals surface area contributed by atoms with Crippen LogP contribution in [0.1, 0.15) is 22.7 Å². The number of aryl methyl sites for hydroxylation is 1. The first-order valence-corrected chi connectivity index (χ1v) is 11.7. The number of nitrogens with zero attached hydrogens (tertiary/aromatic N) is 2. The maximum Gasteiger partial charge on any atom is 0.250 e. The molecule has 0 radical (unpaired) electrons. The van der Waals surface area contributed by atoms with Crippen molar-refractivity contribution in [2.24, 2.45) is 0 Å². The first-order valence-electron chi connectivity index (χ1n) is 11.7. The fourth-order valence-corrected chi connectivity index (χ4v) is 4.27. The predicted octanol–water partition coefficient (Wildman–Crippen LogP) is 3.88. The second-order valence-corrected chi connectivity index (χ2v) is 8.55. The second-order valence-electron chi connectivity index (χ2n) is 8.55. The van der Waals surface area contributed by atoms with Crippen LogP contribution in [-0.4, -0.2) is 61.0 Å². The standard InChI is InChI=1S/C28H31N3O3/c1-22-12-14-25(15-13-22)29-26(32)20-34-21-27(33)30-16-18-31(19-17-30)28(23-8-4-2-5-9-23)24-10-6-3-7-11-24/h2-15,28H,16-21H2,1H3,(H,29,32). The third-order valence-electron chi connectivity index (χ3n) is 6.06. The minimum atomic E-state index is -0.268. The summed E-state index contributed by atoms with van der Waals surface area (Å²) >= 11 is 0. The van der Waals surface area contributed by atoms with Crippen molar-refractivity contribution in [2.45, 2.75) is 13.0 Å². The molecule has 0 atom stereocenters. The maximum absolute atomic E-state index is 12.6. The number of ether oxygens (including phenoxy) is 1. The number of nitrogens with one attached hydrogen (secondary N) is 1. The highest BCUT2D eigenvalue weighted by atomic mass is 16.5. The van der Waals surface area contributed by atoms with Gasteiger partial charge >= 0.3 is 0 Å². The Kier molecular flexibility index (Phi) is 8.07. The van der Waals surface area contributed by atoms with E-state index in [9.17, 15) is 9.59 Å². The quantitative estimate of drug-likeness (QED) is 0.558. The molecule has 34 heavy (non-hydrogen) atoms. The average Bonchev–Trinajstić information content (AvgIpc) is 2.87. The zero-order valence-electron chi connectivity index (χ0n) is 19.5. The van der Waals surface area contributed by atoms with Crippen molar-refractivity contribution in [1.82, 2.24) is 9.80 Å². The van der Waals surface area contributed by atoms with Gasteiger partial charge in [0.15, 0.2) is 0 Å². The van der Waals surface area contributed by atoms with Crippen molar-refractivity contribution < 1.29 is 14.3 Å². The minimum absolute atomic E-state index is 0.0845. The van der Waals surface area contributed by atoms with E-state index in [2.05, 4.69) is 58.7 Å². The fourth-order valence-electron chi connectivity index (χ4n) is 4.27. The molecule has 176 valence electrons. The Balaban J connectivity index is 1.26. The van der Waals surface area contributed by atoms with E-state index >= 15 is 0 Å². The van der Waals surface area contributed by atoms with Gasteiger partial charge in [-0.25, -0.2) is 0 Å². The highest BCUT2D eigenvalue weighted by molar-refractivity contribution is 5.91. The molecule has 4 rings (SSSR count). The van der Waals surface area contributed by atoms with Crippen LogP contribution in [0.4, 0.5) is 5.69 Å². The zero-order chi connectivity index (χ0) is 23.8. The molecule has 0 saturated carbocycles. The van der Waals surface area contributed by atoms with Gasteiger partial charge in [0.2, 0.25) is 11.8 Å². The Morgan fingerprint density at radius 3 is 1.91 bits per heavy atom. The van der Waals surface area contributed by atoms with E-state index in [-0.39, 0.29) is 31.1 Å². The van der Waals surface area contributed by atoms with Crippen LogP contribution in [0.2, 0.25) is 0 Å². The van der Waals surface area contributed by atoms with Crippen LogP contribution in [0, 0.1) is 6.92 Å². The number of anilines is 1. The summed E-state index contributed by atoms with van der Waals surface area (Å²) in [6.45, 7) is 4.56. The van der Waals surface area contributed by atoms with Crippen LogP contribution in [-0.2, 0) is 14.3 Å². The number of hydrogen-bond acceptors (Lipinski definition) is 4. The van der Waals surface area contributed by atoms with Gasteiger partial charge in [-0.05, 0) is 30.2 Å². The van der Waals surface area contributed by atoms with Gasteiger partial charge < -0.3 is 15.0 Å². The Morgan fingerprint density at radius 2 is 1.35 bits per heavy atom. The van der Waals surface area contributed by atoms with Crippen LogP contribution in [0.3, 0.4) is 0 Å². The summed E-state index contributed by atoms with van der Waals surface area (Å²) in [6, 6.07) is 28.7. The van der Waals surface area contributed by atoms with Gasteiger partial charge in [-0.15, -0.1) is 0 Å². The molecule has 0 aromatic heterocycles. The number of rotatable bonds is 8. The number of carbonyl (C=O) groups excluding carboxylic acids is 2. The van der Waals surface area contributed by atoms with Crippen molar-refractivity contribution >= 4 is 17.5 Å². The topological polar surface area (TPSA) is 61.9 Å². The predicted molar refractivity (Wildman–Crippen MR) is 134 cm³/mol. The monoisotopic (exact) mass is 457 g/mol. The Morgan fingerprint density at radius 1 is 0.794 bits per heavy atom. The van der Waals surface area contributed by atoms with Crippen LogP contribution >= 0.6 is 0 Å². The molecular formula is C28H31N3O3. The van der Waals surface area contributed by atoms with Crippen molar-refractivity contribution in [2.75, 3.05) is 44.7 Å². The van der Waals surface area contributed by atoms with Crippen LogP contribution < -0.4 is 5.32 Å². The molecule has 6 heteroatoms. The van der Waals surface area contributed by atoms with Gasteiger partial charge in [-0.2, -0.15) is 0 Å². The molecule has 1 fully saturated rings. The largest absolute Gasteiger partial charge is 0.362 e. The molecule has 3 aromatic rings. The molecule has 0 aliphatic carbocycles. The van der Waals surface area contributed by atoms with E-state index in [1.54, 1.807) is 0 Å². The van der Waals surface area contributed by atoms with Gasteiger partial charge in [0.1, 0.15) is 13.2 Å². The summed E-state index contributed by atoms with van der Waals surface area (Å²) in [6.07, 6.45) is 0. The lowest BCUT2D eigenvalue weighted by Gasteiger charge is -2.39. The lowest BCUT2D eigenvalue weighted by molar-refractivity contribution is -0.139. The summed E-state index contributed by atoms with van der Waals surface area (Å²) in [5.74, 6) is -0.353. The summed E-state index contributed by atoms with van der Waals surface area (Å²) in [5, 5.41) is 2.78. The molecule has 1 saturated heterocycles. The minimum Gasteiger partial charge on any atom is -0.362 e. The van der Waals surface area contributed by atoms with E-state index in [4.69, 9.17) is 4.74 Å². The van der Waals surface area contributed by atoms with Gasteiger partial charge in [0.25, 0.3) is 0 Å². The molecule has 0 unspecified atom stereocenters. The normalized spacial score (nSPS) is 14.2. The smallest absolute Gasteiger partial charge is 0.250 e. The molecule has 1 aliphatic heterocycles. The van der Waals surface area contributed by atoms with E-state index in [0.717, 1.165) is 18.7 Å². The van der Waals surface area contributed by atoms with Crippen LogP contribution in [0.15, 0.2) is 84.9 Å². The van der Waals surface area contributed by atoms with Gasteiger partial charge in [-0.3, -0.25) is 14.5 Å². The summed E-state index contributed by atoms with van der Waals surface area (Å²) in [5.41, 5.74) is 4.33. The number of carbonyl (C=O) groups is 2. The summed E-state index contributed by atoms with van der Waals surface area (Å²) in [7, 11) is 0. The molecule has 1 heterocycles. The lowest BCUT2D eigenvalue weighted by atomic mass is 9.96. The molecular weight excluding hydrogens is 426 g/mol. The number of piperazine rings is 1. The highest BCUT2D eigenvalue weighted by Gasteiger charge is 2.28. The molecule has 1 aliphatic rings. The fraction of sp³-hybridized carbons (Fsp3) is 0.286. The third kappa shape index (κ3) is 6.31. The molecule has 1 N–H and O–H groups in total. The third-order valence-corrected chi connectivity index (χ3v) is 6.06. The zero-order valence-corrected chi connectivity index (χ0v) is 19.5. The average molecular weight is 458 g/mol. The first kappa shape index (κ1) is 23.7. The van der Waals surface area contributed by atoms with E-state index in [1.807, 2.05) is 48.2 Å². The highest BCUT2D eigenvalue weighted by Crippen LogP contribution is 2.29. The molecule has 6 nitrogen and oxygen atoms in total. The Bertz CT molecular complexity index is 1020. The van der Waals surface area contributed by atoms with Crippen molar-refractivity contribution in [3.8, 4) is 0 Å². The first-order chi connectivity index (χ1) is 16.6. The van der Waals surface area contributed by atoms with Gasteiger partial charge in [0, 0.05) is 31.9 Å². The molecule has 2 amide bonds. The SMILES string of the molecule is Cc1ccc(NC(=O)COCC(=O)N2CCN(C(c3ccccc3)c3ccccc3)CC2)cc1. The lowest BCUT2D eigenvalue weighted by Crippen LogP contribution is -2.50. The van der Waals surface area contributed by atoms with Crippen LogP contribution in [0.5, 0.6) is 0 Å². The molecule has 3 aromatic carbocycles. The number of benzene rings is 3. The Hall–Kier alpha value is -3.48. The van der Waals surface area contributed by atoms with E-state index < -0.39 is 0 Å². The van der Waals surface area contributed by atoms with E-state index in [0.29, 0.717) is 18.8 Å². The van der Waals surface area contributed by atoms with Crippen molar-refractivity contribution in [3.63, 3.8) is 0 Å². The molecule has 0 spiro atoms. The summed E-state index contributed by atoms with van der Waals surface area (Å²) < 4.78 is 5.40. The van der Waals surface area contributed by atoms with Crippen molar-refractivity contribution in [1.29, 1.82) is 0 Å². The van der Waals surface area contributed by atoms with Gasteiger partial charge in [-0.1, -0.05) is 78.4 Å². The van der Waals surface area contributed by atoms with E-state index in [1.165, 1.54) is 11.1 Å². The maximum atomic E-state index is 12.6. The second kappa shape index (κ2) is 11.6. The van der Waals surface area contributed by atoms with Gasteiger partial charge in [0.05, 0.1) is 6.04 Å². The van der Waals surface area contributed by atoms with Crippen LogP contribution in [0.25, 0.3) is 0 Å². The summed E-state index contributed by atoms with van der Waals surface area (Å²) in [4.78, 5) is 29.0. The molecule has 0 bridgehead atoms. The Labute approximate surface area is 201 Å². The number of amides is 2. The number of hydrogen-bond donors (Lipinski definition) is 1.